The summed E-state index contributed by atoms with van der Waals surface area (Å²) in [6.45, 7) is 0. The van der Waals surface area contributed by atoms with E-state index in [-0.39, 0.29) is 11.9 Å². The Morgan fingerprint density at radius 1 is 1.69 bits per heavy atom. The quantitative estimate of drug-likeness (QED) is 0.730. The molecule has 4 heteroatoms. The lowest BCUT2D eigenvalue weighted by Gasteiger charge is -2.17. The highest BCUT2D eigenvalue weighted by Crippen LogP contribution is 2.33. The predicted octanol–water partition coefficient (Wildman–Crippen LogP) is 1.01. The molecule has 2 heterocycles. The third-order valence-electron chi connectivity index (χ3n) is 2.42. The molecule has 1 fully saturated rings. The highest BCUT2D eigenvalue weighted by Gasteiger charge is 2.36. The van der Waals surface area contributed by atoms with Crippen molar-refractivity contribution in [2.75, 3.05) is 7.05 Å². The second kappa shape index (κ2) is 3.12. The van der Waals surface area contributed by atoms with Crippen LogP contribution >= 0.6 is 11.3 Å². The molecule has 0 bridgehead atoms. The van der Waals surface area contributed by atoms with Gasteiger partial charge in [-0.25, -0.2) is 0 Å². The van der Waals surface area contributed by atoms with E-state index >= 15 is 0 Å². The lowest BCUT2D eigenvalue weighted by Crippen LogP contribution is -2.26. The fourth-order valence-electron chi connectivity index (χ4n) is 1.65. The molecule has 0 aromatic carbocycles. The summed E-state index contributed by atoms with van der Waals surface area (Å²) in [5.74, 6) is -0.168. The minimum absolute atomic E-state index is 0.0718. The van der Waals surface area contributed by atoms with Crippen molar-refractivity contribution in [3.8, 4) is 0 Å². The van der Waals surface area contributed by atoms with E-state index in [0.29, 0.717) is 6.42 Å². The molecule has 2 rings (SSSR count). The van der Waals surface area contributed by atoms with E-state index in [1.165, 1.54) is 0 Å². The number of aliphatic hydroxyl groups excluding tert-OH is 1. The van der Waals surface area contributed by atoms with Crippen LogP contribution in [0.4, 0.5) is 0 Å². The van der Waals surface area contributed by atoms with Crippen molar-refractivity contribution < 1.29 is 9.90 Å². The molecule has 0 radical (unpaired) electrons. The van der Waals surface area contributed by atoms with Crippen LogP contribution in [0.1, 0.15) is 17.3 Å². The normalized spacial score (nSPS) is 28.5. The molecule has 1 aliphatic rings. The predicted molar refractivity (Wildman–Crippen MR) is 50.5 cm³/mol. The van der Waals surface area contributed by atoms with Gasteiger partial charge in [0.05, 0.1) is 6.04 Å². The first kappa shape index (κ1) is 8.72. The number of amides is 1. The topological polar surface area (TPSA) is 40.5 Å². The highest BCUT2D eigenvalue weighted by molar-refractivity contribution is 7.10. The maximum absolute atomic E-state index is 11.3. The molecule has 1 aromatic heterocycles. The van der Waals surface area contributed by atoms with Gasteiger partial charge in [-0.05, 0) is 11.4 Å². The first-order valence-corrected chi connectivity index (χ1v) is 5.06. The van der Waals surface area contributed by atoms with Gasteiger partial charge >= 0.3 is 0 Å². The number of aliphatic hydroxyl groups is 1. The summed E-state index contributed by atoms with van der Waals surface area (Å²) in [7, 11) is 1.74. The molecule has 0 unspecified atom stereocenters. The van der Waals surface area contributed by atoms with Gasteiger partial charge in [-0.1, -0.05) is 6.07 Å². The number of likely N-dealkylation sites (tertiary alicyclic amines) is 1. The molecule has 1 amide bonds. The molecular formula is C9H11NO2S. The molecule has 1 N–H and O–H groups in total. The molecule has 1 aliphatic heterocycles. The summed E-state index contributed by atoms with van der Waals surface area (Å²) < 4.78 is 0. The molecule has 70 valence electrons. The van der Waals surface area contributed by atoms with Crippen LogP contribution in [0.25, 0.3) is 0 Å². The second-order valence-electron chi connectivity index (χ2n) is 3.23. The average molecular weight is 197 g/mol. The first-order chi connectivity index (χ1) is 6.20. The molecule has 2 atom stereocenters. The number of carbonyl (C=O) groups is 1. The third-order valence-corrected chi connectivity index (χ3v) is 3.39. The van der Waals surface area contributed by atoms with Crippen LogP contribution < -0.4 is 0 Å². The third kappa shape index (κ3) is 1.36. The lowest BCUT2D eigenvalue weighted by atomic mass is 10.1. The average Bonchev–Trinajstić information content (AvgIpc) is 2.70. The summed E-state index contributed by atoms with van der Waals surface area (Å²) in [6, 6.07) is 4.03. The Morgan fingerprint density at radius 3 is 2.92 bits per heavy atom. The van der Waals surface area contributed by atoms with E-state index in [0.717, 1.165) is 4.88 Å². The van der Waals surface area contributed by atoms with Crippen molar-refractivity contribution in [2.24, 2.45) is 0 Å². The molecule has 13 heavy (non-hydrogen) atoms. The number of hydrogen-bond donors (Lipinski definition) is 1. The molecule has 0 aliphatic carbocycles. The summed E-state index contributed by atoms with van der Waals surface area (Å²) in [4.78, 5) is 14.1. The SMILES string of the molecule is CN1C(=O)[C@H](O)C[C@@H]1c1cccs1. The van der Waals surface area contributed by atoms with E-state index in [4.69, 9.17) is 0 Å². The smallest absolute Gasteiger partial charge is 0.251 e. The van der Waals surface area contributed by atoms with Gasteiger partial charge in [-0.3, -0.25) is 4.79 Å². The van der Waals surface area contributed by atoms with Crippen molar-refractivity contribution in [2.45, 2.75) is 18.6 Å². The number of likely N-dealkylation sites (N-methyl/N-ethyl adjacent to an activating group) is 1. The standard InChI is InChI=1S/C9H11NO2S/c1-10-6(5-7(11)9(10)12)8-3-2-4-13-8/h2-4,6-7,11H,5H2,1H3/t6-,7-/m1/s1. The summed E-state index contributed by atoms with van der Waals surface area (Å²) >= 11 is 1.62. The zero-order valence-corrected chi connectivity index (χ0v) is 8.12. The minimum Gasteiger partial charge on any atom is -0.383 e. The van der Waals surface area contributed by atoms with Crippen molar-refractivity contribution in [1.82, 2.24) is 4.90 Å². The number of carbonyl (C=O) groups excluding carboxylic acids is 1. The summed E-state index contributed by atoms with van der Waals surface area (Å²) in [5, 5.41) is 11.3. The van der Waals surface area contributed by atoms with Crippen LogP contribution in [0, 0.1) is 0 Å². The molecule has 0 spiro atoms. The van der Waals surface area contributed by atoms with Gasteiger partial charge in [0, 0.05) is 18.3 Å². The van der Waals surface area contributed by atoms with Crippen LogP contribution in [0.2, 0.25) is 0 Å². The summed E-state index contributed by atoms with van der Waals surface area (Å²) in [5.41, 5.74) is 0. The Morgan fingerprint density at radius 2 is 2.46 bits per heavy atom. The first-order valence-electron chi connectivity index (χ1n) is 4.18. The van der Waals surface area contributed by atoms with E-state index in [1.807, 2.05) is 17.5 Å². The highest BCUT2D eigenvalue weighted by atomic mass is 32.1. The van der Waals surface area contributed by atoms with Gasteiger partial charge in [0.15, 0.2) is 0 Å². The zero-order chi connectivity index (χ0) is 9.42. The Labute approximate surface area is 80.6 Å². The van der Waals surface area contributed by atoms with Gasteiger partial charge in [0.25, 0.3) is 5.91 Å². The molecule has 0 saturated carbocycles. The fraction of sp³-hybridized carbons (Fsp3) is 0.444. The number of thiophene rings is 1. The number of rotatable bonds is 1. The van der Waals surface area contributed by atoms with Gasteiger partial charge in [0.2, 0.25) is 0 Å². The molecule has 1 saturated heterocycles. The maximum Gasteiger partial charge on any atom is 0.251 e. The van der Waals surface area contributed by atoms with E-state index < -0.39 is 6.10 Å². The van der Waals surface area contributed by atoms with Crippen LogP contribution in [0.15, 0.2) is 17.5 Å². The van der Waals surface area contributed by atoms with Crippen LogP contribution in [-0.4, -0.2) is 29.1 Å². The molecule has 1 aromatic rings. The van der Waals surface area contributed by atoms with E-state index in [1.54, 1.807) is 23.3 Å². The Bertz CT molecular complexity index is 309. The monoisotopic (exact) mass is 197 g/mol. The van der Waals surface area contributed by atoms with Crippen LogP contribution in [-0.2, 0) is 4.79 Å². The lowest BCUT2D eigenvalue weighted by molar-refractivity contribution is -0.134. The molecular weight excluding hydrogens is 186 g/mol. The minimum atomic E-state index is -0.808. The van der Waals surface area contributed by atoms with Gasteiger partial charge in [-0.15, -0.1) is 11.3 Å². The van der Waals surface area contributed by atoms with Crippen molar-refractivity contribution in [3.05, 3.63) is 22.4 Å². The Hall–Kier alpha value is -0.870. The van der Waals surface area contributed by atoms with Gasteiger partial charge in [0.1, 0.15) is 6.10 Å². The van der Waals surface area contributed by atoms with Gasteiger partial charge in [-0.2, -0.15) is 0 Å². The van der Waals surface area contributed by atoms with E-state index in [2.05, 4.69) is 0 Å². The van der Waals surface area contributed by atoms with E-state index in [9.17, 15) is 9.90 Å². The Kier molecular flexibility index (Phi) is 2.09. The van der Waals surface area contributed by atoms with Crippen LogP contribution in [0.5, 0.6) is 0 Å². The molecule has 3 nitrogen and oxygen atoms in total. The Balaban J connectivity index is 2.23. The zero-order valence-electron chi connectivity index (χ0n) is 7.30. The number of hydrogen-bond acceptors (Lipinski definition) is 3. The fourth-order valence-corrected chi connectivity index (χ4v) is 2.53. The van der Waals surface area contributed by atoms with Crippen molar-refractivity contribution in [3.63, 3.8) is 0 Å². The van der Waals surface area contributed by atoms with Crippen molar-refractivity contribution in [1.29, 1.82) is 0 Å². The second-order valence-corrected chi connectivity index (χ2v) is 4.21. The maximum atomic E-state index is 11.3. The van der Waals surface area contributed by atoms with Crippen LogP contribution in [0.3, 0.4) is 0 Å². The summed E-state index contributed by atoms with van der Waals surface area (Å²) in [6.07, 6.45) is -0.285. The largest absolute Gasteiger partial charge is 0.383 e. The number of nitrogens with zero attached hydrogens (tertiary/aromatic N) is 1. The van der Waals surface area contributed by atoms with Crippen molar-refractivity contribution >= 4 is 17.2 Å². The van der Waals surface area contributed by atoms with Gasteiger partial charge < -0.3 is 10.0 Å².